The average molecular weight is 231 g/mol. The number of ketones is 1. The van der Waals surface area contributed by atoms with E-state index in [-0.39, 0.29) is 0 Å². The lowest BCUT2D eigenvalue weighted by Crippen LogP contribution is -2.21. The lowest BCUT2D eigenvalue weighted by Gasteiger charge is -2.25. The van der Waals surface area contributed by atoms with E-state index in [2.05, 4.69) is 11.9 Å². The molecule has 0 saturated heterocycles. The fraction of sp³-hybridized carbons (Fsp3) is 0.600. The molecule has 0 atom stereocenters. The number of hydrogen-bond donors (Lipinski definition) is 0. The van der Waals surface area contributed by atoms with Gasteiger partial charge >= 0.3 is 0 Å². The Balaban J connectivity index is 1.78. The van der Waals surface area contributed by atoms with E-state index in [1.165, 1.54) is 18.4 Å². The zero-order valence-electron chi connectivity index (χ0n) is 10.6. The zero-order chi connectivity index (χ0) is 12.1. The highest BCUT2D eigenvalue weighted by atomic mass is 16.1. The fourth-order valence-corrected chi connectivity index (χ4v) is 2.60. The largest absolute Gasteiger partial charge is 0.299 e. The first-order valence-electron chi connectivity index (χ1n) is 6.67. The van der Waals surface area contributed by atoms with Crippen LogP contribution in [-0.2, 0) is 11.2 Å². The van der Waals surface area contributed by atoms with E-state index in [4.69, 9.17) is 0 Å². The van der Waals surface area contributed by atoms with Crippen molar-refractivity contribution in [3.63, 3.8) is 0 Å². The third-order valence-corrected chi connectivity index (χ3v) is 3.88. The summed E-state index contributed by atoms with van der Waals surface area (Å²) in [7, 11) is 0. The lowest BCUT2D eigenvalue weighted by molar-refractivity contribution is -0.124. The van der Waals surface area contributed by atoms with Gasteiger partial charge in [-0.3, -0.25) is 9.78 Å². The summed E-state index contributed by atoms with van der Waals surface area (Å²) in [4.78, 5) is 16.0. The van der Waals surface area contributed by atoms with Gasteiger partial charge in [0.2, 0.25) is 0 Å². The molecule has 1 aliphatic rings. The molecule has 0 radical (unpaired) electrons. The highest BCUT2D eigenvalue weighted by Gasteiger charge is 2.23. The monoisotopic (exact) mass is 231 g/mol. The topological polar surface area (TPSA) is 30.0 Å². The third kappa shape index (κ3) is 3.65. The van der Waals surface area contributed by atoms with Gasteiger partial charge in [-0.2, -0.15) is 0 Å². The van der Waals surface area contributed by atoms with Gasteiger partial charge < -0.3 is 0 Å². The Morgan fingerprint density at radius 3 is 2.53 bits per heavy atom. The molecule has 17 heavy (non-hydrogen) atoms. The molecule has 92 valence electrons. The van der Waals surface area contributed by atoms with E-state index in [0.717, 1.165) is 25.2 Å². The summed E-state index contributed by atoms with van der Waals surface area (Å²) >= 11 is 0. The van der Waals surface area contributed by atoms with Crippen LogP contribution in [0.25, 0.3) is 0 Å². The van der Waals surface area contributed by atoms with E-state index in [9.17, 15) is 4.79 Å². The number of aryl methyl sites for hydroxylation is 1. The van der Waals surface area contributed by atoms with Crippen LogP contribution in [0.4, 0.5) is 0 Å². The highest BCUT2D eigenvalue weighted by molar-refractivity contribution is 5.81. The normalized spacial score (nSPS) is 24.5. The molecular formula is C15H21NO. The van der Waals surface area contributed by atoms with E-state index in [1.807, 2.05) is 12.1 Å². The Labute approximate surface area is 103 Å². The van der Waals surface area contributed by atoms with Crippen LogP contribution < -0.4 is 0 Å². The van der Waals surface area contributed by atoms with Crippen molar-refractivity contribution in [2.45, 2.75) is 45.4 Å². The van der Waals surface area contributed by atoms with Gasteiger partial charge in [-0.25, -0.2) is 0 Å². The summed E-state index contributed by atoms with van der Waals surface area (Å²) in [6.45, 7) is 2.29. The van der Waals surface area contributed by atoms with Crippen molar-refractivity contribution in [1.82, 2.24) is 4.98 Å². The minimum Gasteiger partial charge on any atom is -0.299 e. The summed E-state index contributed by atoms with van der Waals surface area (Å²) < 4.78 is 0. The summed E-state index contributed by atoms with van der Waals surface area (Å²) in [5, 5.41) is 0. The van der Waals surface area contributed by atoms with Gasteiger partial charge in [0.05, 0.1) is 0 Å². The molecule has 1 aromatic heterocycles. The molecule has 1 heterocycles. The summed E-state index contributed by atoms with van der Waals surface area (Å²) in [5.74, 6) is 1.63. The van der Waals surface area contributed by atoms with Crippen LogP contribution >= 0.6 is 0 Å². The van der Waals surface area contributed by atoms with Gasteiger partial charge in [-0.1, -0.05) is 19.8 Å². The minimum atomic E-state index is 0.341. The number of rotatable bonds is 4. The van der Waals surface area contributed by atoms with E-state index in [0.29, 0.717) is 18.1 Å². The molecule has 1 aliphatic carbocycles. The average Bonchev–Trinajstić information content (AvgIpc) is 2.38. The van der Waals surface area contributed by atoms with Gasteiger partial charge in [-0.15, -0.1) is 0 Å². The SMILES string of the molecule is CC1CCC(C(=O)CCc2ccncc2)CC1. The molecule has 2 rings (SSSR count). The maximum absolute atomic E-state index is 12.1. The predicted octanol–water partition coefficient (Wildman–Crippen LogP) is 3.41. The zero-order valence-corrected chi connectivity index (χ0v) is 10.6. The third-order valence-electron chi connectivity index (χ3n) is 3.88. The molecule has 0 unspecified atom stereocenters. The summed E-state index contributed by atoms with van der Waals surface area (Å²) in [6, 6.07) is 3.99. The van der Waals surface area contributed by atoms with Crippen molar-refractivity contribution in [1.29, 1.82) is 0 Å². The summed E-state index contributed by atoms with van der Waals surface area (Å²) in [6.07, 6.45) is 9.82. The van der Waals surface area contributed by atoms with E-state index in [1.54, 1.807) is 12.4 Å². The van der Waals surface area contributed by atoms with Gasteiger partial charge in [0.1, 0.15) is 5.78 Å². The van der Waals surface area contributed by atoms with Crippen molar-refractivity contribution in [2.75, 3.05) is 0 Å². The molecule has 0 aliphatic heterocycles. The molecule has 0 amide bonds. The van der Waals surface area contributed by atoms with Gasteiger partial charge in [0.15, 0.2) is 0 Å². The molecule has 2 nitrogen and oxygen atoms in total. The Hall–Kier alpha value is -1.18. The molecular weight excluding hydrogens is 210 g/mol. The van der Waals surface area contributed by atoms with Crippen LogP contribution in [0, 0.1) is 11.8 Å². The van der Waals surface area contributed by atoms with Gasteiger partial charge in [0.25, 0.3) is 0 Å². The predicted molar refractivity (Wildman–Crippen MR) is 68.7 cm³/mol. The first-order chi connectivity index (χ1) is 8.25. The van der Waals surface area contributed by atoms with Crippen molar-refractivity contribution in [2.24, 2.45) is 11.8 Å². The van der Waals surface area contributed by atoms with E-state index >= 15 is 0 Å². The Morgan fingerprint density at radius 1 is 1.24 bits per heavy atom. The molecule has 0 bridgehead atoms. The van der Waals surface area contributed by atoms with Crippen LogP contribution in [0.5, 0.6) is 0 Å². The number of Topliss-reactive ketones (excluding diaryl/α,β-unsaturated/α-hetero) is 1. The van der Waals surface area contributed by atoms with E-state index < -0.39 is 0 Å². The van der Waals surface area contributed by atoms with Crippen molar-refractivity contribution in [3.8, 4) is 0 Å². The molecule has 0 aromatic carbocycles. The molecule has 0 spiro atoms. The smallest absolute Gasteiger partial charge is 0.136 e. The Kier molecular flexibility index (Phi) is 4.29. The van der Waals surface area contributed by atoms with Crippen LogP contribution in [0.15, 0.2) is 24.5 Å². The first-order valence-corrected chi connectivity index (χ1v) is 6.67. The minimum absolute atomic E-state index is 0.341. The quantitative estimate of drug-likeness (QED) is 0.794. The van der Waals surface area contributed by atoms with Gasteiger partial charge in [0, 0.05) is 24.7 Å². The lowest BCUT2D eigenvalue weighted by atomic mass is 9.80. The van der Waals surface area contributed by atoms with Crippen LogP contribution in [0.1, 0.15) is 44.6 Å². The van der Waals surface area contributed by atoms with Crippen molar-refractivity contribution < 1.29 is 4.79 Å². The Morgan fingerprint density at radius 2 is 1.88 bits per heavy atom. The van der Waals surface area contributed by atoms with Crippen molar-refractivity contribution >= 4 is 5.78 Å². The standard InChI is InChI=1S/C15H21NO/c1-12-2-5-14(6-3-12)15(17)7-4-13-8-10-16-11-9-13/h8-12,14H,2-7H2,1H3. The number of carbonyl (C=O) groups excluding carboxylic acids is 1. The highest BCUT2D eigenvalue weighted by Crippen LogP contribution is 2.29. The second kappa shape index (κ2) is 5.95. The Bertz CT molecular complexity index is 352. The molecule has 0 N–H and O–H groups in total. The second-order valence-corrected chi connectivity index (χ2v) is 5.28. The number of nitrogens with zero attached hydrogens (tertiary/aromatic N) is 1. The molecule has 2 heteroatoms. The maximum Gasteiger partial charge on any atom is 0.136 e. The molecule has 1 aromatic rings. The number of carbonyl (C=O) groups is 1. The number of aromatic nitrogens is 1. The van der Waals surface area contributed by atoms with Crippen LogP contribution in [-0.4, -0.2) is 10.8 Å². The van der Waals surface area contributed by atoms with Crippen molar-refractivity contribution in [3.05, 3.63) is 30.1 Å². The summed E-state index contributed by atoms with van der Waals surface area (Å²) in [5.41, 5.74) is 1.22. The number of hydrogen-bond acceptors (Lipinski definition) is 2. The number of pyridine rings is 1. The van der Waals surface area contributed by atoms with Crippen LogP contribution in [0.3, 0.4) is 0 Å². The fourth-order valence-electron chi connectivity index (χ4n) is 2.60. The molecule has 1 saturated carbocycles. The first kappa shape index (κ1) is 12.3. The van der Waals surface area contributed by atoms with Gasteiger partial charge in [-0.05, 0) is 42.9 Å². The second-order valence-electron chi connectivity index (χ2n) is 5.28. The molecule has 1 fully saturated rings. The van der Waals surface area contributed by atoms with Crippen LogP contribution in [0.2, 0.25) is 0 Å². The maximum atomic E-state index is 12.1.